The molecule has 0 aliphatic heterocycles. The number of methoxy groups -OCH3 is 1. The van der Waals surface area contributed by atoms with E-state index in [4.69, 9.17) is 11.6 Å². The summed E-state index contributed by atoms with van der Waals surface area (Å²) in [6, 6.07) is 0.856. The summed E-state index contributed by atoms with van der Waals surface area (Å²) < 4.78 is 30.5. The minimum absolute atomic E-state index is 0.0655. The zero-order chi connectivity index (χ0) is 10.0. The van der Waals surface area contributed by atoms with Crippen LogP contribution < -0.4 is 4.74 Å². The number of ether oxygens (including phenoxy) is 1. The Morgan fingerprint density at radius 1 is 1.54 bits per heavy atom. The summed E-state index contributed by atoms with van der Waals surface area (Å²) in [6.45, 7) is 0. The van der Waals surface area contributed by atoms with Crippen LogP contribution in [-0.2, 0) is 0 Å². The van der Waals surface area contributed by atoms with Gasteiger partial charge in [0.25, 0.3) is 0 Å². The van der Waals surface area contributed by atoms with Crippen LogP contribution in [0.5, 0.6) is 5.75 Å². The maximum atomic E-state index is 13.0. The summed E-state index contributed by atoms with van der Waals surface area (Å²) in [6.07, 6.45) is 0.0655. The Bertz CT molecular complexity index is 352. The van der Waals surface area contributed by atoms with Gasteiger partial charge in [-0.05, 0) is 0 Å². The highest BCUT2D eigenvalue weighted by Crippen LogP contribution is 2.30. The minimum atomic E-state index is -1.10. The van der Waals surface area contributed by atoms with E-state index in [1.54, 1.807) is 0 Å². The Kier molecular flexibility index (Phi) is 2.83. The van der Waals surface area contributed by atoms with E-state index in [9.17, 15) is 13.6 Å². The lowest BCUT2D eigenvalue weighted by atomic mass is 10.2. The molecule has 0 aromatic heterocycles. The monoisotopic (exact) mass is 206 g/mol. The second-order valence-corrected chi connectivity index (χ2v) is 2.60. The fraction of sp³-hybridized carbons (Fsp3) is 0.125. The lowest BCUT2D eigenvalue weighted by Gasteiger charge is -2.05. The maximum absolute atomic E-state index is 13.0. The summed E-state index contributed by atoms with van der Waals surface area (Å²) in [5.41, 5.74) is -0.689. The number of carbonyl (C=O) groups is 1. The molecular weight excluding hydrogens is 202 g/mol. The topological polar surface area (TPSA) is 26.3 Å². The van der Waals surface area contributed by atoms with Gasteiger partial charge in [-0.25, -0.2) is 8.78 Å². The second kappa shape index (κ2) is 3.70. The predicted octanol–water partition coefficient (Wildman–Crippen LogP) is 2.44. The highest BCUT2D eigenvalue weighted by molar-refractivity contribution is 6.32. The molecule has 0 unspecified atom stereocenters. The van der Waals surface area contributed by atoms with Crippen LogP contribution in [0.1, 0.15) is 10.4 Å². The average molecular weight is 207 g/mol. The molecule has 0 heterocycles. The number of halogens is 3. The predicted molar refractivity (Wildman–Crippen MR) is 43.3 cm³/mol. The van der Waals surface area contributed by atoms with Crippen LogP contribution in [0.25, 0.3) is 0 Å². The van der Waals surface area contributed by atoms with Crippen molar-refractivity contribution < 1.29 is 18.3 Å². The van der Waals surface area contributed by atoms with Crippen LogP contribution in [0.2, 0.25) is 5.02 Å². The fourth-order valence-corrected chi connectivity index (χ4v) is 1.08. The smallest absolute Gasteiger partial charge is 0.159 e. The number of hydrogen-bond acceptors (Lipinski definition) is 2. The molecule has 70 valence electrons. The molecule has 5 heteroatoms. The molecule has 0 spiro atoms. The molecule has 13 heavy (non-hydrogen) atoms. The first-order chi connectivity index (χ1) is 6.11. The number of aldehydes is 1. The van der Waals surface area contributed by atoms with Gasteiger partial charge in [0.2, 0.25) is 0 Å². The van der Waals surface area contributed by atoms with Gasteiger partial charge in [-0.3, -0.25) is 4.79 Å². The first kappa shape index (κ1) is 9.92. The Hall–Kier alpha value is -1.16. The van der Waals surface area contributed by atoms with E-state index in [0.29, 0.717) is 0 Å². The molecule has 0 saturated heterocycles. The zero-order valence-corrected chi connectivity index (χ0v) is 7.36. The second-order valence-electron chi connectivity index (χ2n) is 2.22. The molecule has 1 rings (SSSR count). The van der Waals surface area contributed by atoms with Crippen molar-refractivity contribution in [3.63, 3.8) is 0 Å². The lowest BCUT2D eigenvalue weighted by molar-refractivity contribution is 0.111. The average Bonchev–Trinajstić information content (AvgIpc) is 2.12. The molecule has 2 nitrogen and oxygen atoms in total. The van der Waals surface area contributed by atoms with Gasteiger partial charge in [0.15, 0.2) is 12.1 Å². The van der Waals surface area contributed by atoms with Crippen LogP contribution in [0.15, 0.2) is 6.07 Å². The van der Waals surface area contributed by atoms with Crippen molar-refractivity contribution in [1.29, 1.82) is 0 Å². The van der Waals surface area contributed by atoms with Crippen LogP contribution in [0.4, 0.5) is 8.78 Å². The molecule has 0 fully saturated rings. The van der Waals surface area contributed by atoms with Crippen LogP contribution in [-0.4, -0.2) is 13.4 Å². The van der Waals surface area contributed by atoms with Crippen LogP contribution in [0, 0.1) is 11.6 Å². The first-order valence-electron chi connectivity index (χ1n) is 3.28. The van der Waals surface area contributed by atoms with E-state index < -0.39 is 22.2 Å². The van der Waals surface area contributed by atoms with E-state index >= 15 is 0 Å². The van der Waals surface area contributed by atoms with Gasteiger partial charge in [0.05, 0.1) is 12.7 Å². The number of benzene rings is 1. The Morgan fingerprint density at radius 2 is 2.15 bits per heavy atom. The summed E-state index contributed by atoms with van der Waals surface area (Å²) >= 11 is 5.42. The highest BCUT2D eigenvalue weighted by Gasteiger charge is 2.16. The van der Waals surface area contributed by atoms with Gasteiger partial charge in [0.1, 0.15) is 16.6 Å². The van der Waals surface area contributed by atoms with Crippen molar-refractivity contribution >= 4 is 17.9 Å². The van der Waals surface area contributed by atoms with Gasteiger partial charge in [0, 0.05) is 6.07 Å². The summed E-state index contributed by atoms with van der Waals surface area (Å²) in [5.74, 6) is -2.23. The number of carbonyl (C=O) groups excluding carboxylic acids is 1. The van der Waals surface area contributed by atoms with E-state index in [1.807, 2.05) is 0 Å². The van der Waals surface area contributed by atoms with Crippen molar-refractivity contribution in [3.05, 3.63) is 28.3 Å². The highest BCUT2D eigenvalue weighted by atomic mass is 35.5. The van der Waals surface area contributed by atoms with Crippen molar-refractivity contribution in [3.8, 4) is 5.75 Å². The van der Waals surface area contributed by atoms with E-state index in [0.717, 1.165) is 6.07 Å². The molecule has 0 aliphatic rings. The quantitative estimate of drug-likeness (QED) is 0.549. The normalized spacial score (nSPS) is 9.85. The molecule has 0 saturated carbocycles. The van der Waals surface area contributed by atoms with E-state index in [-0.39, 0.29) is 12.0 Å². The zero-order valence-electron chi connectivity index (χ0n) is 6.61. The standard InChI is InChI=1S/C8H5ClF2O2/c1-13-6-2-5(10)4(3-12)8(11)7(6)9/h2-3H,1H3. The van der Waals surface area contributed by atoms with E-state index in [1.165, 1.54) is 7.11 Å². The molecule has 0 N–H and O–H groups in total. The Morgan fingerprint density at radius 3 is 2.62 bits per heavy atom. The molecule has 1 aromatic carbocycles. The largest absolute Gasteiger partial charge is 0.495 e. The molecule has 0 atom stereocenters. The van der Waals surface area contributed by atoms with Crippen molar-refractivity contribution in [2.75, 3.05) is 7.11 Å². The lowest BCUT2D eigenvalue weighted by Crippen LogP contribution is -1.97. The molecule has 1 aromatic rings. The third kappa shape index (κ3) is 1.62. The first-order valence-corrected chi connectivity index (χ1v) is 3.66. The van der Waals surface area contributed by atoms with Gasteiger partial charge < -0.3 is 4.74 Å². The van der Waals surface area contributed by atoms with Gasteiger partial charge >= 0.3 is 0 Å². The summed E-state index contributed by atoms with van der Waals surface area (Å²) in [5, 5.41) is -0.397. The SMILES string of the molecule is COc1cc(F)c(C=O)c(F)c1Cl. The molecule has 0 bridgehead atoms. The summed E-state index contributed by atoms with van der Waals surface area (Å²) in [4.78, 5) is 10.2. The van der Waals surface area contributed by atoms with E-state index in [2.05, 4.69) is 4.74 Å². The third-order valence-electron chi connectivity index (χ3n) is 1.50. The van der Waals surface area contributed by atoms with Crippen molar-refractivity contribution in [2.24, 2.45) is 0 Å². The molecule has 0 amide bonds. The molecule has 0 radical (unpaired) electrons. The van der Waals surface area contributed by atoms with Gasteiger partial charge in [-0.15, -0.1) is 0 Å². The molecular formula is C8H5ClF2O2. The minimum Gasteiger partial charge on any atom is -0.495 e. The van der Waals surface area contributed by atoms with Crippen molar-refractivity contribution in [1.82, 2.24) is 0 Å². The summed E-state index contributed by atoms with van der Waals surface area (Å²) in [7, 11) is 1.22. The number of rotatable bonds is 2. The maximum Gasteiger partial charge on any atom is 0.159 e. The van der Waals surface area contributed by atoms with Crippen LogP contribution in [0.3, 0.4) is 0 Å². The van der Waals surface area contributed by atoms with Crippen molar-refractivity contribution in [2.45, 2.75) is 0 Å². The Balaban J connectivity index is 3.45. The van der Waals surface area contributed by atoms with Gasteiger partial charge in [-0.2, -0.15) is 0 Å². The number of hydrogen-bond donors (Lipinski definition) is 0. The van der Waals surface area contributed by atoms with Gasteiger partial charge in [-0.1, -0.05) is 11.6 Å². The fourth-order valence-electron chi connectivity index (χ4n) is 0.844. The van der Waals surface area contributed by atoms with Crippen LogP contribution >= 0.6 is 11.6 Å². The Labute approximate surface area is 78.1 Å². The third-order valence-corrected chi connectivity index (χ3v) is 1.85. The molecule has 0 aliphatic carbocycles.